The van der Waals surface area contributed by atoms with Crippen molar-refractivity contribution in [2.24, 2.45) is 11.7 Å². The highest BCUT2D eigenvalue weighted by Crippen LogP contribution is 2.27. The van der Waals surface area contributed by atoms with Gasteiger partial charge in [-0.3, -0.25) is 4.79 Å². The van der Waals surface area contributed by atoms with E-state index >= 15 is 0 Å². The molecule has 0 radical (unpaired) electrons. The van der Waals surface area contributed by atoms with Gasteiger partial charge in [0.15, 0.2) is 0 Å². The molecule has 0 aliphatic heterocycles. The van der Waals surface area contributed by atoms with Crippen molar-refractivity contribution in [3.63, 3.8) is 0 Å². The van der Waals surface area contributed by atoms with E-state index < -0.39 is 6.36 Å². The Bertz CT molecular complexity index is 540. The zero-order valence-corrected chi connectivity index (χ0v) is 14.0. The van der Waals surface area contributed by atoms with Gasteiger partial charge in [0.1, 0.15) is 5.75 Å². The summed E-state index contributed by atoms with van der Waals surface area (Å²) in [5, 5.41) is 2.94. The van der Waals surface area contributed by atoms with Crippen LogP contribution < -0.4 is 15.8 Å². The van der Waals surface area contributed by atoms with Crippen LogP contribution in [0.4, 0.5) is 13.2 Å². The molecule has 1 fully saturated rings. The number of ether oxygens (including phenoxy) is 1. The van der Waals surface area contributed by atoms with Crippen LogP contribution in [0.15, 0.2) is 24.3 Å². The van der Waals surface area contributed by atoms with Crippen molar-refractivity contribution in [1.82, 2.24) is 5.32 Å². The highest BCUT2D eigenvalue weighted by atomic mass is 35.5. The summed E-state index contributed by atoms with van der Waals surface area (Å²) in [6, 6.07) is 5.95. The molecule has 2 atom stereocenters. The number of carbonyl (C=O) groups excluding carboxylic acids is 1. The maximum atomic E-state index is 12.4. The van der Waals surface area contributed by atoms with Gasteiger partial charge in [0.05, 0.1) is 0 Å². The summed E-state index contributed by atoms with van der Waals surface area (Å²) in [6.45, 7) is 0.535. The second-order valence-corrected chi connectivity index (χ2v) is 5.76. The van der Waals surface area contributed by atoms with Gasteiger partial charge in [-0.25, -0.2) is 0 Å². The topological polar surface area (TPSA) is 64.3 Å². The molecular weight excluding hydrogens is 345 g/mol. The predicted octanol–water partition coefficient (Wildman–Crippen LogP) is 3.18. The molecule has 0 bridgehead atoms. The number of alkyl halides is 3. The molecule has 2 rings (SSSR count). The average molecular weight is 367 g/mol. The number of hydrogen-bond acceptors (Lipinski definition) is 3. The summed E-state index contributed by atoms with van der Waals surface area (Å²) < 4.78 is 41.1. The minimum Gasteiger partial charge on any atom is -0.406 e. The Kier molecular flexibility index (Phi) is 7.83. The van der Waals surface area contributed by atoms with Crippen LogP contribution in [0.1, 0.15) is 31.2 Å². The molecule has 0 saturated heterocycles. The first-order valence-corrected chi connectivity index (χ1v) is 7.72. The fourth-order valence-electron chi connectivity index (χ4n) is 2.97. The Labute approximate surface area is 145 Å². The lowest BCUT2D eigenvalue weighted by Gasteiger charge is -2.19. The number of nitrogens with one attached hydrogen (secondary N) is 1. The maximum Gasteiger partial charge on any atom is 0.573 e. The van der Waals surface area contributed by atoms with Crippen LogP contribution in [0.5, 0.6) is 5.75 Å². The molecule has 4 nitrogen and oxygen atoms in total. The summed E-state index contributed by atoms with van der Waals surface area (Å²) in [5.41, 5.74) is 6.03. The molecule has 24 heavy (non-hydrogen) atoms. The van der Waals surface area contributed by atoms with Crippen LogP contribution in [0, 0.1) is 5.92 Å². The number of benzene rings is 1. The Morgan fingerprint density at radius 3 is 2.67 bits per heavy atom. The summed E-state index contributed by atoms with van der Waals surface area (Å²) in [5.74, 6) is -0.134. The number of amides is 1. The van der Waals surface area contributed by atoms with Gasteiger partial charge in [0.2, 0.25) is 5.91 Å². The largest absolute Gasteiger partial charge is 0.573 e. The number of para-hydroxylation sites is 1. The van der Waals surface area contributed by atoms with E-state index in [4.69, 9.17) is 5.73 Å². The zero-order valence-electron chi connectivity index (χ0n) is 13.1. The lowest BCUT2D eigenvalue weighted by Crippen LogP contribution is -2.39. The average Bonchev–Trinajstić information content (AvgIpc) is 2.92. The maximum absolute atomic E-state index is 12.4. The van der Waals surface area contributed by atoms with Gasteiger partial charge in [-0.15, -0.1) is 25.6 Å². The Hall–Kier alpha value is -1.47. The number of rotatable bonds is 6. The number of hydrogen-bond donors (Lipinski definition) is 2. The molecule has 0 aromatic heterocycles. The fraction of sp³-hybridized carbons (Fsp3) is 0.562. The second-order valence-electron chi connectivity index (χ2n) is 5.76. The van der Waals surface area contributed by atoms with E-state index in [9.17, 15) is 18.0 Å². The highest BCUT2D eigenvalue weighted by molar-refractivity contribution is 5.85. The van der Waals surface area contributed by atoms with Gasteiger partial charge in [-0.05, 0) is 43.4 Å². The van der Waals surface area contributed by atoms with Crippen LogP contribution in [0.2, 0.25) is 0 Å². The van der Waals surface area contributed by atoms with Gasteiger partial charge in [-0.2, -0.15) is 0 Å². The quantitative estimate of drug-likeness (QED) is 0.812. The molecule has 136 valence electrons. The van der Waals surface area contributed by atoms with Gasteiger partial charge < -0.3 is 15.8 Å². The van der Waals surface area contributed by atoms with Crippen molar-refractivity contribution in [1.29, 1.82) is 0 Å². The SMILES string of the molecule is Cl.NCC1CCCC1NC(=O)CCc1ccccc1OC(F)(F)F. The molecule has 0 spiro atoms. The van der Waals surface area contributed by atoms with E-state index in [0.29, 0.717) is 18.0 Å². The van der Waals surface area contributed by atoms with E-state index in [2.05, 4.69) is 10.1 Å². The van der Waals surface area contributed by atoms with Gasteiger partial charge >= 0.3 is 6.36 Å². The molecule has 1 amide bonds. The summed E-state index contributed by atoms with van der Waals surface area (Å²) >= 11 is 0. The van der Waals surface area contributed by atoms with Crippen molar-refractivity contribution in [2.45, 2.75) is 44.5 Å². The third-order valence-electron chi connectivity index (χ3n) is 4.13. The van der Waals surface area contributed by atoms with E-state index in [-0.39, 0.29) is 42.9 Å². The van der Waals surface area contributed by atoms with E-state index in [1.807, 2.05) is 0 Å². The van der Waals surface area contributed by atoms with Gasteiger partial charge in [0.25, 0.3) is 0 Å². The van der Waals surface area contributed by atoms with Crippen LogP contribution in [-0.2, 0) is 11.2 Å². The molecule has 1 aromatic carbocycles. The minimum absolute atomic E-state index is 0. The number of nitrogens with two attached hydrogens (primary N) is 1. The predicted molar refractivity (Wildman–Crippen MR) is 87.0 cm³/mol. The van der Waals surface area contributed by atoms with Crippen LogP contribution in [-0.4, -0.2) is 24.9 Å². The molecular formula is C16H22ClF3N2O2. The first kappa shape index (κ1) is 20.6. The second kappa shape index (κ2) is 9.13. The standard InChI is InChI=1S/C16H21F3N2O2.ClH/c17-16(18,19)23-14-7-2-1-4-11(14)8-9-15(22)21-13-6-3-5-12(13)10-20;/h1-2,4,7,12-13H,3,5-6,8-10,20H2,(H,21,22);1H. The summed E-state index contributed by atoms with van der Waals surface area (Å²) in [4.78, 5) is 12.0. The molecule has 1 aromatic rings. The van der Waals surface area contributed by atoms with E-state index in [0.717, 1.165) is 19.3 Å². The van der Waals surface area contributed by atoms with Crippen LogP contribution in [0.3, 0.4) is 0 Å². The summed E-state index contributed by atoms with van der Waals surface area (Å²) in [7, 11) is 0. The van der Waals surface area contributed by atoms with Gasteiger partial charge in [-0.1, -0.05) is 24.6 Å². The Morgan fingerprint density at radius 1 is 1.29 bits per heavy atom. The highest BCUT2D eigenvalue weighted by Gasteiger charge is 2.32. The fourth-order valence-corrected chi connectivity index (χ4v) is 2.97. The number of carbonyl (C=O) groups is 1. The Morgan fingerprint density at radius 2 is 2.00 bits per heavy atom. The molecule has 3 N–H and O–H groups in total. The van der Waals surface area contributed by atoms with E-state index in [1.165, 1.54) is 18.2 Å². The molecule has 1 aliphatic rings. The minimum atomic E-state index is -4.74. The molecule has 1 saturated carbocycles. The van der Waals surface area contributed by atoms with Crippen LogP contribution in [0.25, 0.3) is 0 Å². The number of halogens is 4. The first-order valence-electron chi connectivity index (χ1n) is 7.72. The van der Waals surface area contributed by atoms with Crippen molar-refractivity contribution in [3.05, 3.63) is 29.8 Å². The monoisotopic (exact) mass is 366 g/mol. The lowest BCUT2D eigenvalue weighted by atomic mass is 10.0. The van der Waals surface area contributed by atoms with E-state index in [1.54, 1.807) is 6.07 Å². The smallest absolute Gasteiger partial charge is 0.406 e. The first-order chi connectivity index (χ1) is 10.9. The number of aryl methyl sites for hydroxylation is 1. The van der Waals surface area contributed by atoms with Crippen molar-refractivity contribution < 1.29 is 22.7 Å². The summed E-state index contributed by atoms with van der Waals surface area (Å²) in [6.07, 6.45) is -1.49. The molecule has 2 unspecified atom stereocenters. The van der Waals surface area contributed by atoms with Crippen LogP contribution >= 0.6 is 12.4 Å². The Balaban J connectivity index is 0.00000288. The van der Waals surface area contributed by atoms with Crippen molar-refractivity contribution >= 4 is 18.3 Å². The lowest BCUT2D eigenvalue weighted by molar-refractivity contribution is -0.274. The normalized spacial score (nSPS) is 20.3. The third kappa shape index (κ3) is 6.20. The van der Waals surface area contributed by atoms with Gasteiger partial charge in [0, 0.05) is 12.5 Å². The third-order valence-corrected chi connectivity index (χ3v) is 4.13. The molecule has 8 heteroatoms. The molecule has 0 heterocycles. The van der Waals surface area contributed by atoms with Crippen molar-refractivity contribution in [2.75, 3.05) is 6.54 Å². The van der Waals surface area contributed by atoms with Crippen molar-refractivity contribution in [3.8, 4) is 5.75 Å². The zero-order chi connectivity index (χ0) is 16.9. The molecule has 1 aliphatic carbocycles.